The monoisotopic (exact) mass is 252 g/mol. The van der Waals surface area contributed by atoms with E-state index in [2.05, 4.69) is 10.1 Å². The largest absolute Gasteiger partial charge is 0.508 e. The van der Waals surface area contributed by atoms with Crippen LogP contribution >= 0.6 is 0 Å². The van der Waals surface area contributed by atoms with Gasteiger partial charge in [-0.3, -0.25) is 0 Å². The molecule has 0 aliphatic rings. The van der Waals surface area contributed by atoms with Crippen LogP contribution in [-0.2, 0) is 10.3 Å². The van der Waals surface area contributed by atoms with Crippen molar-refractivity contribution in [3.63, 3.8) is 0 Å². The van der Waals surface area contributed by atoms with Crippen LogP contribution in [0.4, 0.5) is 4.39 Å². The van der Waals surface area contributed by atoms with Gasteiger partial charge < -0.3 is 14.4 Å². The molecule has 5 nitrogen and oxygen atoms in total. The fraction of sp³-hybridized carbons (Fsp3) is 0.333. The first-order valence-electron chi connectivity index (χ1n) is 5.32. The fourth-order valence-corrected chi connectivity index (χ4v) is 1.35. The highest BCUT2D eigenvalue weighted by molar-refractivity contribution is 5.55. The number of rotatable bonds is 3. The molecule has 0 aliphatic heterocycles. The van der Waals surface area contributed by atoms with Crippen LogP contribution in [0.5, 0.6) is 5.75 Å². The maximum Gasteiger partial charge on any atom is 0.261 e. The van der Waals surface area contributed by atoms with Crippen LogP contribution in [0.3, 0.4) is 0 Å². The second-order valence-corrected chi connectivity index (χ2v) is 4.30. The zero-order valence-corrected chi connectivity index (χ0v) is 10.3. The van der Waals surface area contributed by atoms with E-state index in [9.17, 15) is 4.39 Å². The number of phenols is 1. The Morgan fingerprint density at radius 1 is 1.39 bits per heavy atom. The lowest BCUT2D eigenvalue weighted by molar-refractivity contribution is 0.00973. The standard InChI is InChI=1S/C12H13FN2O3/c1-12(2,17-3)11-14-10(18-15-11)8-5-4-7(16)6-9(8)13/h4-6,16H,1-3H3. The van der Waals surface area contributed by atoms with Gasteiger partial charge in [0.2, 0.25) is 5.82 Å². The normalized spacial score (nSPS) is 11.8. The smallest absolute Gasteiger partial charge is 0.261 e. The first kappa shape index (κ1) is 12.5. The van der Waals surface area contributed by atoms with Gasteiger partial charge in [0.25, 0.3) is 5.89 Å². The number of aromatic nitrogens is 2. The molecule has 0 amide bonds. The predicted molar refractivity (Wildman–Crippen MR) is 61.4 cm³/mol. The topological polar surface area (TPSA) is 68.4 Å². The Balaban J connectivity index is 2.41. The van der Waals surface area contributed by atoms with Crippen LogP contribution < -0.4 is 0 Å². The molecule has 0 radical (unpaired) electrons. The Bertz CT molecular complexity index is 566. The van der Waals surface area contributed by atoms with Crippen LogP contribution in [0.15, 0.2) is 22.7 Å². The van der Waals surface area contributed by atoms with Gasteiger partial charge >= 0.3 is 0 Å². The number of hydrogen-bond acceptors (Lipinski definition) is 5. The third-order valence-electron chi connectivity index (χ3n) is 2.66. The summed E-state index contributed by atoms with van der Waals surface area (Å²) >= 11 is 0. The number of halogens is 1. The van der Waals surface area contributed by atoms with Crippen molar-refractivity contribution in [1.29, 1.82) is 0 Å². The van der Waals surface area contributed by atoms with E-state index in [1.807, 2.05) is 0 Å². The van der Waals surface area contributed by atoms with Gasteiger partial charge in [-0.2, -0.15) is 4.98 Å². The summed E-state index contributed by atoms with van der Waals surface area (Å²) in [5, 5.41) is 12.9. The third-order valence-corrected chi connectivity index (χ3v) is 2.66. The molecule has 0 unspecified atom stereocenters. The van der Waals surface area contributed by atoms with Crippen molar-refractivity contribution in [2.24, 2.45) is 0 Å². The van der Waals surface area contributed by atoms with Crippen LogP contribution in [0.1, 0.15) is 19.7 Å². The predicted octanol–water partition coefficient (Wildman–Crippen LogP) is 2.46. The lowest BCUT2D eigenvalue weighted by Gasteiger charge is -2.17. The van der Waals surface area contributed by atoms with Gasteiger partial charge in [0.1, 0.15) is 17.2 Å². The quantitative estimate of drug-likeness (QED) is 0.908. The molecule has 18 heavy (non-hydrogen) atoms. The van der Waals surface area contributed by atoms with Gasteiger partial charge in [-0.05, 0) is 26.0 Å². The average molecular weight is 252 g/mol. The van der Waals surface area contributed by atoms with Crippen molar-refractivity contribution in [3.8, 4) is 17.2 Å². The van der Waals surface area contributed by atoms with Crippen LogP contribution in [0, 0.1) is 5.82 Å². The third kappa shape index (κ3) is 2.19. The number of phenolic OH excluding ortho intramolecular Hbond substituents is 1. The summed E-state index contributed by atoms with van der Waals surface area (Å²) in [5.41, 5.74) is -0.576. The molecule has 0 bridgehead atoms. The highest BCUT2D eigenvalue weighted by Crippen LogP contribution is 2.27. The van der Waals surface area contributed by atoms with Crippen LogP contribution in [0.2, 0.25) is 0 Å². The maximum atomic E-state index is 13.6. The van der Waals surface area contributed by atoms with Crippen molar-refractivity contribution < 1.29 is 18.8 Å². The number of methoxy groups -OCH3 is 1. The summed E-state index contributed by atoms with van der Waals surface area (Å²) < 4.78 is 23.8. The molecule has 2 aromatic rings. The summed E-state index contributed by atoms with van der Waals surface area (Å²) in [7, 11) is 1.52. The van der Waals surface area contributed by atoms with Gasteiger partial charge in [0.15, 0.2) is 0 Å². The van der Waals surface area contributed by atoms with E-state index in [1.165, 1.54) is 19.2 Å². The molecule has 2 rings (SSSR count). The van der Waals surface area contributed by atoms with E-state index in [4.69, 9.17) is 14.4 Å². The molecular weight excluding hydrogens is 239 g/mol. The van der Waals surface area contributed by atoms with E-state index in [0.717, 1.165) is 6.07 Å². The molecule has 1 aromatic carbocycles. The van der Waals surface area contributed by atoms with E-state index in [1.54, 1.807) is 13.8 Å². The number of benzene rings is 1. The Kier molecular flexibility index (Phi) is 3.04. The molecule has 96 valence electrons. The second kappa shape index (κ2) is 4.38. The molecule has 0 aliphatic carbocycles. The Morgan fingerprint density at radius 2 is 2.11 bits per heavy atom. The summed E-state index contributed by atoms with van der Waals surface area (Å²) in [4.78, 5) is 4.09. The lowest BCUT2D eigenvalue weighted by atomic mass is 10.1. The summed E-state index contributed by atoms with van der Waals surface area (Å²) in [6.07, 6.45) is 0. The molecule has 1 N–H and O–H groups in total. The fourth-order valence-electron chi connectivity index (χ4n) is 1.35. The first-order chi connectivity index (χ1) is 8.44. The van der Waals surface area contributed by atoms with Crippen molar-refractivity contribution in [3.05, 3.63) is 29.8 Å². The number of nitrogens with zero attached hydrogens (tertiary/aromatic N) is 2. The van der Waals surface area contributed by atoms with Crippen LogP contribution in [0.25, 0.3) is 11.5 Å². The summed E-state index contributed by atoms with van der Waals surface area (Å²) in [6.45, 7) is 3.55. The van der Waals surface area contributed by atoms with E-state index < -0.39 is 11.4 Å². The molecule has 1 aromatic heterocycles. The molecule has 0 saturated heterocycles. The van der Waals surface area contributed by atoms with Crippen molar-refractivity contribution in [1.82, 2.24) is 10.1 Å². The zero-order chi connectivity index (χ0) is 13.3. The first-order valence-corrected chi connectivity index (χ1v) is 5.32. The Labute approximate surface area is 103 Å². The number of aromatic hydroxyl groups is 1. The van der Waals surface area contributed by atoms with Gasteiger partial charge in [-0.1, -0.05) is 5.16 Å². The van der Waals surface area contributed by atoms with Gasteiger partial charge in [0.05, 0.1) is 5.56 Å². The highest BCUT2D eigenvalue weighted by Gasteiger charge is 2.27. The molecular formula is C12H13FN2O3. The van der Waals surface area contributed by atoms with Crippen molar-refractivity contribution >= 4 is 0 Å². The summed E-state index contributed by atoms with van der Waals surface area (Å²) in [5.74, 6) is -0.409. The van der Waals surface area contributed by atoms with Gasteiger partial charge in [-0.25, -0.2) is 4.39 Å². The average Bonchev–Trinajstić information content (AvgIpc) is 2.79. The van der Waals surface area contributed by atoms with E-state index in [0.29, 0.717) is 5.82 Å². The summed E-state index contributed by atoms with van der Waals surface area (Å²) in [6, 6.07) is 3.71. The van der Waals surface area contributed by atoms with Gasteiger partial charge in [-0.15, -0.1) is 0 Å². The Hall–Kier alpha value is -1.95. The maximum absolute atomic E-state index is 13.6. The number of hydrogen-bond donors (Lipinski definition) is 1. The van der Waals surface area contributed by atoms with E-state index in [-0.39, 0.29) is 17.2 Å². The Morgan fingerprint density at radius 3 is 2.72 bits per heavy atom. The van der Waals surface area contributed by atoms with Crippen molar-refractivity contribution in [2.75, 3.05) is 7.11 Å². The minimum atomic E-state index is -0.713. The second-order valence-electron chi connectivity index (χ2n) is 4.30. The van der Waals surface area contributed by atoms with E-state index >= 15 is 0 Å². The number of ether oxygens (including phenoxy) is 1. The van der Waals surface area contributed by atoms with Crippen LogP contribution in [-0.4, -0.2) is 22.4 Å². The molecule has 6 heteroatoms. The SMILES string of the molecule is COC(C)(C)c1noc(-c2ccc(O)cc2F)n1. The highest BCUT2D eigenvalue weighted by atomic mass is 19.1. The molecule has 1 heterocycles. The lowest BCUT2D eigenvalue weighted by Crippen LogP contribution is -2.21. The van der Waals surface area contributed by atoms with Crippen molar-refractivity contribution in [2.45, 2.75) is 19.4 Å². The molecule has 0 fully saturated rings. The zero-order valence-electron chi connectivity index (χ0n) is 10.3. The minimum Gasteiger partial charge on any atom is -0.508 e. The van der Waals surface area contributed by atoms with Gasteiger partial charge in [0, 0.05) is 13.2 Å². The molecule has 0 spiro atoms. The molecule has 0 atom stereocenters. The molecule has 0 saturated carbocycles. The minimum absolute atomic E-state index is 0.0487.